The van der Waals surface area contributed by atoms with Crippen LogP contribution in [-0.2, 0) is 26.2 Å². The first-order chi connectivity index (χ1) is 17.1. The fourth-order valence-electron chi connectivity index (χ4n) is 3.84. The summed E-state index contributed by atoms with van der Waals surface area (Å²) in [5.74, 6) is -0.0514. The van der Waals surface area contributed by atoms with Crippen molar-refractivity contribution in [1.29, 1.82) is 0 Å². The van der Waals surface area contributed by atoms with Gasteiger partial charge in [-0.05, 0) is 70.4 Å². The highest BCUT2D eigenvalue weighted by Gasteiger charge is 2.29. The number of amides is 2. The second-order valence-corrected chi connectivity index (χ2v) is 12.4. The second kappa shape index (κ2) is 12.6. The van der Waals surface area contributed by atoms with E-state index in [1.807, 2.05) is 52.0 Å². The van der Waals surface area contributed by atoms with Crippen molar-refractivity contribution >= 4 is 39.1 Å². The third-order valence-corrected chi connectivity index (χ3v) is 7.33. The smallest absolute Gasteiger partial charge is 0.242 e. The first kappa shape index (κ1) is 30.4. The Kier molecular flexibility index (Phi) is 10.4. The summed E-state index contributed by atoms with van der Waals surface area (Å²) in [5.41, 5.74) is 1.90. The highest BCUT2D eigenvalue weighted by atomic mass is 35.5. The Hall–Kier alpha value is -2.78. The Bertz CT molecular complexity index is 1210. The fraction of sp³-hybridized carbons (Fsp3) is 0.481. The lowest BCUT2D eigenvalue weighted by Gasteiger charge is -2.32. The van der Waals surface area contributed by atoms with Crippen LogP contribution >= 0.6 is 11.6 Å². The van der Waals surface area contributed by atoms with Crippen LogP contribution in [0.25, 0.3) is 0 Å². The van der Waals surface area contributed by atoms with E-state index in [0.717, 1.165) is 17.4 Å². The Morgan fingerprint density at radius 3 is 2.32 bits per heavy atom. The lowest BCUT2D eigenvalue weighted by molar-refractivity contribution is -0.141. The second-order valence-electron chi connectivity index (χ2n) is 10.1. The summed E-state index contributed by atoms with van der Waals surface area (Å²) in [6.07, 6.45) is 1.43. The molecule has 0 spiro atoms. The molecular formula is C27H38ClN3O5S. The number of halogens is 1. The average Bonchev–Trinajstić information content (AvgIpc) is 2.78. The SMILES string of the molecule is COc1ccc(N(CCCC(=O)N(Cc2ccccc2C)[C@@H](C)C(=O)NC(C)(C)C)S(C)(=O)=O)cc1Cl. The summed E-state index contributed by atoms with van der Waals surface area (Å²) in [5, 5.41) is 3.23. The Morgan fingerprint density at radius 1 is 1.14 bits per heavy atom. The average molecular weight is 552 g/mol. The minimum atomic E-state index is -3.63. The molecule has 10 heteroatoms. The molecule has 1 atom stereocenters. The van der Waals surface area contributed by atoms with Gasteiger partial charge in [0.25, 0.3) is 0 Å². The molecule has 8 nitrogen and oxygen atoms in total. The first-order valence-electron chi connectivity index (χ1n) is 12.1. The van der Waals surface area contributed by atoms with E-state index in [4.69, 9.17) is 16.3 Å². The third-order valence-electron chi connectivity index (χ3n) is 5.84. The number of anilines is 1. The normalized spacial score (nSPS) is 12.5. The number of methoxy groups -OCH3 is 1. The van der Waals surface area contributed by atoms with Crippen molar-refractivity contribution in [1.82, 2.24) is 10.2 Å². The van der Waals surface area contributed by atoms with E-state index < -0.39 is 21.6 Å². The maximum Gasteiger partial charge on any atom is 0.242 e. The number of nitrogens with zero attached hydrogens (tertiary/aromatic N) is 2. The monoisotopic (exact) mass is 551 g/mol. The van der Waals surface area contributed by atoms with Crippen molar-refractivity contribution in [2.24, 2.45) is 0 Å². The van der Waals surface area contributed by atoms with Gasteiger partial charge >= 0.3 is 0 Å². The van der Waals surface area contributed by atoms with E-state index in [-0.39, 0.29) is 42.8 Å². The number of sulfonamides is 1. The molecule has 0 heterocycles. The number of benzene rings is 2. The van der Waals surface area contributed by atoms with E-state index in [1.165, 1.54) is 17.5 Å². The van der Waals surface area contributed by atoms with E-state index in [0.29, 0.717) is 11.4 Å². The molecule has 2 rings (SSSR count). The Labute approximate surface area is 226 Å². The molecular weight excluding hydrogens is 514 g/mol. The van der Waals surface area contributed by atoms with Crippen molar-refractivity contribution in [3.05, 3.63) is 58.6 Å². The van der Waals surface area contributed by atoms with Crippen molar-refractivity contribution < 1.29 is 22.7 Å². The lowest BCUT2D eigenvalue weighted by Crippen LogP contribution is -2.52. The molecule has 0 aliphatic carbocycles. The summed E-state index contributed by atoms with van der Waals surface area (Å²) in [4.78, 5) is 27.9. The van der Waals surface area contributed by atoms with Gasteiger partial charge in [0, 0.05) is 25.0 Å². The minimum absolute atomic E-state index is 0.0644. The van der Waals surface area contributed by atoms with Crippen LogP contribution in [0.1, 0.15) is 51.7 Å². The highest BCUT2D eigenvalue weighted by molar-refractivity contribution is 7.92. The topological polar surface area (TPSA) is 96.0 Å². The van der Waals surface area contributed by atoms with E-state index in [9.17, 15) is 18.0 Å². The van der Waals surface area contributed by atoms with Gasteiger partial charge in [-0.3, -0.25) is 13.9 Å². The van der Waals surface area contributed by atoms with Crippen molar-refractivity contribution in [2.75, 3.05) is 24.2 Å². The number of carbonyl (C=O) groups is 2. The zero-order valence-corrected chi connectivity index (χ0v) is 24.2. The number of hydrogen-bond donors (Lipinski definition) is 1. The van der Waals surface area contributed by atoms with E-state index in [1.54, 1.807) is 24.0 Å². The highest BCUT2D eigenvalue weighted by Crippen LogP contribution is 2.30. The van der Waals surface area contributed by atoms with Gasteiger partial charge in [-0.25, -0.2) is 8.42 Å². The van der Waals surface area contributed by atoms with Gasteiger partial charge in [0.2, 0.25) is 21.8 Å². The molecule has 1 N–H and O–H groups in total. The molecule has 0 bridgehead atoms. The molecule has 0 saturated heterocycles. The molecule has 0 aliphatic heterocycles. The van der Waals surface area contributed by atoms with Gasteiger partial charge in [-0.1, -0.05) is 35.9 Å². The molecule has 0 fully saturated rings. The number of aryl methyl sites for hydroxylation is 1. The van der Waals surface area contributed by atoms with Gasteiger partial charge in [0.05, 0.1) is 24.1 Å². The maximum absolute atomic E-state index is 13.4. The Morgan fingerprint density at radius 2 is 1.78 bits per heavy atom. The van der Waals surface area contributed by atoms with Crippen molar-refractivity contribution in [3.8, 4) is 5.75 Å². The predicted octanol–water partition coefficient (Wildman–Crippen LogP) is 4.54. The van der Waals surface area contributed by atoms with Crippen LogP contribution in [0.15, 0.2) is 42.5 Å². The summed E-state index contributed by atoms with van der Waals surface area (Å²) in [7, 11) is -2.15. The molecule has 0 unspecified atom stereocenters. The number of nitrogens with one attached hydrogen (secondary N) is 1. The van der Waals surface area contributed by atoms with Gasteiger partial charge in [-0.2, -0.15) is 0 Å². The molecule has 0 radical (unpaired) electrons. The number of carbonyl (C=O) groups excluding carboxylic acids is 2. The molecule has 37 heavy (non-hydrogen) atoms. The lowest BCUT2D eigenvalue weighted by atomic mass is 10.1. The zero-order chi connectivity index (χ0) is 28.0. The molecule has 204 valence electrons. The molecule has 0 saturated carbocycles. The summed E-state index contributed by atoms with van der Waals surface area (Å²) in [6, 6.07) is 11.7. The van der Waals surface area contributed by atoms with Crippen LogP contribution in [0.3, 0.4) is 0 Å². The quantitative estimate of drug-likeness (QED) is 0.442. The number of ether oxygens (including phenoxy) is 1. The zero-order valence-electron chi connectivity index (χ0n) is 22.7. The van der Waals surface area contributed by atoms with Crippen molar-refractivity contribution in [2.45, 2.75) is 65.6 Å². The van der Waals surface area contributed by atoms with Crippen LogP contribution in [0.4, 0.5) is 5.69 Å². The van der Waals surface area contributed by atoms with Crippen LogP contribution in [0.2, 0.25) is 5.02 Å². The van der Waals surface area contributed by atoms with E-state index >= 15 is 0 Å². The molecule has 2 aromatic rings. The Balaban J connectivity index is 2.22. The maximum atomic E-state index is 13.4. The first-order valence-corrected chi connectivity index (χ1v) is 14.3. The van der Waals surface area contributed by atoms with Crippen molar-refractivity contribution in [3.63, 3.8) is 0 Å². The van der Waals surface area contributed by atoms with Gasteiger partial charge < -0.3 is 15.0 Å². The van der Waals surface area contributed by atoms with Crippen LogP contribution < -0.4 is 14.4 Å². The summed E-state index contributed by atoms with van der Waals surface area (Å²) < 4.78 is 31.4. The molecule has 2 amide bonds. The minimum Gasteiger partial charge on any atom is -0.495 e. The number of hydrogen-bond acceptors (Lipinski definition) is 5. The largest absolute Gasteiger partial charge is 0.495 e. The van der Waals surface area contributed by atoms with Gasteiger partial charge in [-0.15, -0.1) is 0 Å². The van der Waals surface area contributed by atoms with Crippen LogP contribution in [0.5, 0.6) is 5.75 Å². The van der Waals surface area contributed by atoms with Crippen LogP contribution in [-0.4, -0.2) is 56.6 Å². The summed E-state index contributed by atoms with van der Waals surface area (Å²) >= 11 is 6.20. The molecule has 2 aromatic carbocycles. The van der Waals surface area contributed by atoms with Crippen LogP contribution in [0, 0.1) is 6.92 Å². The van der Waals surface area contributed by atoms with E-state index in [2.05, 4.69) is 5.32 Å². The van der Waals surface area contributed by atoms with Gasteiger partial charge in [0.15, 0.2) is 0 Å². The fourth-order valence-corrected chi connectivity index (χ4v) is 5.05. The summed E-state index contributed by atoms with van der Waals surface area (Å²) in [6.45, 7) is 9.67. The molecule has 0 aliphatic rings. The standard InChI is InChI=1S/C27H38ClN3O5S/c1-19-11-8-9-12-21(19)18-30(20(2)26(33)29-27(3,4)5)25(32)13-10-16-31(37(7,34)35)22-14-15-24(36-6)23(28)17-22/h8-9,11-12,14-15,17,20H,10,13,16,18H2,1-7H3,(H,29,33)/t20-/m0/s1. The number of rotatable bonds is 11. The molecule has 0 aromatic heterocycles. The van der Waals surface area contributed by atoms with Gasteiger partial charge in [0.1, 0.15) is 11.8 Å². The predicted molar refractivity (Wildman–Crippen MR) is 149 cm³/mol. The third kappa shape index (κ3) is 8.93.